The van der Waals surface area contributed by atoms with Crippen molar-refractivity contribution < 1.29 is 0 Å². The zero-order valence-corrected chi connectivity index (χ0v) is 11.7. The highest BCUT2D eigenvalue weighted by Crippen LogP contribution is 2.44. The van der Waals surface area contributed by atoms with Crippen molar-refractivity contribution >= 4 is 11.6 Å². The van der Waals surface area contributed by atoms with E-state index in [1.54, 1.807) is 0 Å². The molecular formula is C15H21ClN2. The predicted octanol–water partition coefficient (Wildman–Crippen LogP) is 2.91. The van der Waals surface area contributed by atoms with Gasteiger partial charge in [-0.25, -0.2) is 0 Å². The van der Waals surface area contributed by atoms with Crippen LogP contribution < -0.4 is 5.32 Å². The van der Waals surface area contributed by atoms with Crippen molar-refractivity contribution in [2.24, 2.45) is 5.92 Å². The third-order valence-electron chi connectivity index (χ3n) is 4.54. The lowest BCUT2D eigenvalue weighted by Crippen LogP contribution is -2.60. The van der Waals surface area contributed by atoms with Gasteiger partial charge in [0, 0.05) is 36.7 Å². The topological polar surface area (TPSA) is 15.3 Å². The van der Waals surface area contributed by atoms with E-state index in [4.69, 9.17) is 11.6 Å². The molecule has 0 radical (unpaired) electrons. The van der Waals surface area contributed by atoms with Crippen molar-refractivity contribution in [3.63, 3.8) is 0 Å². The Morgan fingerprint density at radius 2 is 2.17 bits per heavy atom. The van der Waals surface area contributed by atoms with Gasteiger partial charge in [-0.1, -0.05) is 29.8 Å². The van der Waals surface area contributed by atoms with Crippen LogP contribution >= 0.6 is 11.6 Å². The molecule has 1 aliphatic heterocycles. The highest BCUT2D eigenvalue weighted by Gasteiger charge is 2.46. The van der Waals surface area contributed by atoms with Gasteiger partial charge in [0.2, 0.25) is 0 Å². The molecule has 1 aromatic rings. The minimum atomic E-state index is 0.317. The van der Waals surface area contributed by atoms with E-state index in [1.807, 2.05) is 12.1 Å². The molecule has 1 N–H and O–H groups in total. The number of halogens is 1. The average Bonchev–Trinajstić information content (AvgIpc) is 3.19. The molecule has 1 heterocycles. The molecule has 0 bridgehead atoms. The minimum absolute atomic E-state index is 0.317. The molecule has 2 fully saturated rings. The summed E-state index contributed by atoms with van der Waals surface area (Å²) in [5, 5.41) is 4.45. The van der Waals surface area contributed by atoms with E-state index in [0.29, 0.717) is 5.54 Å². The molecule has 98 valence electrons. The first-order valence-corrected chi connectivity index (χ1v) is 7.27. The van der Waals surface area contributed by atoms with Gasteiger partial charge in [0.15, 0.2) is 0 Å². The van der Waals surface area contributed by atoms with Gasteiger partial charge in [0.25, 0.3) is 0 Å². The molecule has 1 aromatic carbocycles. The second kappa shape index (κ2) is 4.84. The summed E-state index contributed by atoms with van der Waals surface area (Å²) >= 11 is 6.29. The third kappa shape index (κ3) is 2.29. The zero-order valence-electron chi connectivity index (χ0n) is 11.0. The first kappa shape index (κ1) is 12.5. The number of hydrogen-bond donors (Lipinski definition) is 1. The summed E-state index contributed by atoms with van der Waals surface area (Å²) in [5.41, 5.74) is 1.57. The Hall–Kier alpha value is -0.570. The van der Waals surface area contributed by atoms with E-state index in [2.05, 4.69) is 29.3 Å². The maximum atomic E-state index is 6.29. The SMILES string of the molecule is CC1(C2CC2)CNCCN1Cc1ccccc1Cl. The third-order valence-corrected chi connectivity index (χ3v) is 4.91. The maximum absolute atomic E-state index is 6.29. The van der Waals surface area contributed by atoms with Gasteiger partial charge >= 0.3 is 0 Å². The van der Waals surface area contributed by atoms with Gasteiger partial charge in [-0.15, -0.1) is 0 Å². The monoisotopic (exact) mass is 264 g/mol. The molecule has 3 rings (SSSR count). The summed E-state index contributed by atoms with van der Waals surface area (Å²) < 4.78 is 0. The highest BCUT2D eigenvalue weighted by atomic mass is 35.5. The fourth-order valence-electron chi connectivity index (χ4n) is 3.12. The molecule has 2 nitrogen and oxygen atoms in total. The van der Waals surface area contributed by atoms with Gasteiger partial charge in [0.1, 0.15) is 0 Å². The number of piperazine rings is 1. The predicted molar refractivity (Wildman–Crippen MR) is 75.9 cm³/mol. The minimum Gasteiger partial charge on any atom is -0.314 e. The second-order valence-electron chi connectivity index (χ2n) is 5.82. The van der Waals surface area contributed by atoms with Crippen molar-refractivity contribution in [1.82, 2.24) is 10.2 Å². The van der Waals surface area contributed by atoms with Crippen LogP contribution in [0.2, 0.25) is 5.02 Å². The Kier molecular flexibility index (Phi) is 3.35. The van der Waals surface area contributed by atoms with Crippen LogP contribution in [-0.2, 0) is 6.54 Å². The van der Waals surface area contributed by atoms with Gasteiger partial charge in [-0.2, -0.15) is 0 Å². The molecule has 1 saturated carbocycles. The Morgan fingerprint density at radius 1 is 1.39 bits per heavy atom. The van der Waals surface area contributed by atoms with E-state index in [1.165, 1.54) is 18.4 Å². The molecule has 0 spiro atoms. The standard InChI is InChI=1S/C15H21ClN2/c1-15(13-6-7-13)11-17-8-9-18(15)10-12-4-2-3-5-14(12)16/h2-5,13,17H,6-11H2,1H3. The lowest BCUT2D eigenvalue weighted by molar-refractivity contribution is 0.0485. The molecule has 1 atom stereocenters. The Balaban J connectivity index is 1.79. The summed E-state index contributed by atoms with van der Waals surface area (Å²) in [7, 11) is 0. The van der Waals surface area contributed by atoms with Gasteiger partial charge < -0.3 is 5.32 Å². The van der Waals surface area contributed by atoms with Crippen molar-refractivity contribution in [3.05, 3.63) is 34.9 Å². The molecule has 1 saturated heterocycles. The molecule has 1 unspecified atom stereocenters. The lowest BCUT2D eigenvalue weighted by Gasteiger charge is -2.46. The smallest absolute Gasteiger partial charge is 0.0451 e. The van der Waals surface area contributed by atoms with Gasteiger partial charge in [0.05, 0.1) is 0 Å². The summed E-state index contributed by atoms with van der Waals surface area (Å²) in [4.78, 5) is 2.63. The van der Waals surface area contributed by atoms with Gasteiger partial charge in [-0.3, -0.25) is 4.90 Å². The van der Waals surface area contributed by atoms with E-state index in [-0.39, 0.29) is 0 Å². The van der Waals surface area contributed by atoms with Crippen LogP contribution in [-0.4, -0.2) is 30.1 Å². The largest absolute Gasteiger partial charge is 0.314 e. The fourth-order valence-corrected chi connectivity index (χ4v) is 3.32. The lowest BCUT2D eigenvalue weighted by atomic mass is 9.90. The highest BCUT2D eigenvalue weighted by molar-refractivity contribution is 6.31. The molecule has 3 heteroatoms. The van der Waals surface area contributed by atoms with Crippen LogP contribution in [0.4, 0.5) is 0 Å². The number of nitrogens with one attached hydrogen (secondary N) is 1. The number of hydrogen-bond acceptors (Lipinski definition) is 2. The van der Waals surface area contributed by atoms with Crippen molar-refractivity contribution in [2.75, 3.05) is 19.6 Å². The zero-order chi connectivity index (χ0) is 12.6. The first-order valence-electron chi connectivity index (χ1n) is 6.89. The summed E-state index contributed by atoms with van der Waals surface area (Å²) in [6.45, 7) is 6.72. The van der Waals surface area contributed by atoms with Crippen LogP contribution in [0.5, 0.6) is 0 Å². The second-order valence-corrected chi connectivity index (χ2v) is 6.23. The first-order chi connectivity index (χ1) is 8.70. The fraction of sp³-hybridized carbons (Fsp3) is 0.600. The molecule has 0 aromatic heterocycles. The van der Waals surface area contributed by atoms with E-state index < -0.39 is 0 Å². The van der Waals surface area contributed by atoms with Crippen molar-refractivity contribution in [1.29, 1.82) is 0 Å². The molecule has 2 aliphatic rings. The Bertz CT molecular complexity index is 430. The maximum Gasteiger partial charge on any atom is 0.0451 e. The summed E-state index contributed by atoms with van der Waals surface area (Å²) in [5.74, 6) is 0.868. The van der Waals surface area contributed by atoms with Crippen molar-refractivity contribution in [2.45, 2.75) is 31.8 Å². The van der Waals surface area contributed by atoms with Crippen LogP contribution in [0.25, 0.3) is 0 Å². The van der Waals surface area contributed by atoms with Crippen LogP contribution in [0, 0.1) is 5.92 Å². The molecule has 1 aliphatic carbocycles. The summed E-state index contributed by atoms with van der Waals surface area (Å²) in [6.07, 6.45) is 2.77. The number of nitrogens with zero attached hydrogens (tertiary/aromatic N) is 1. The quantitative estimate of drug-likeness (QED) is 0.903. The molecule has 0 amide bonds. The van der Waals surface area contributed by atoms with E-state index >= 15 is 0 Å². The van der Waals surface area contributed by atoms with Gasteiger partial charge in [-0.05, 0) is 37.3 Å². The van der Waals surface area contributed by atoms with Crippen molar-refractivity contribution in [3.8, 4) is 0 Å². The summed E-state index contributed by atoms with van der Waals surface area (Å²) in [6, 6.07) is 8.23. The Labute approximate surface area is 114 Å². The number of benzene rings is 1. The van der Waals surface area contributed by atoms with E-state index in [9.17, 15) is 0 Å². The normalized spacial score (nSPS) is 29.4. The van der Waals surface area contributed by atoms with E-state index in [0.717, 1.165) is 37.1 Å². The Morgan fingerprint density at radius 3 is 2.89 bits per heavy atom. The van der Waals surface area contributed by atoms with Crippen LogP contribution in [0.1, 0.15) is 25.3 Å². The van der Waals surface area contributed by atoms with Crippen LogP contribution in [0.3, 0.4) is 0 Å². The average molecular weight is 265 g/mol. The molecule has 18 heavy (non-hydrogen) atoms. The molecular weight excluding hydrogens is 244 g/mol. The van der Waals surface area contributed by atoms with Crippen LogP contribution in [0.15, 0.2) is 24.3 Å². The number of rotatable bonds is 3.